The van der Waals surface area contributed by atoms with E-state index in [1.807, 2.05) is 29.2 Å². The molecule has 10 heteroatoms. The van der Waals surface area contributed by atoms with Gasteiger partial charge < -0.3 is 15.0 Å². The summed E-state index contributed by atoms with van der Waals surface area (Å²) in [7, 11) is 0. The molecule has 0 bridgehead atoms. The second-order valence-corrected chi connectivity index (χ2v) is 9.13. The highest BCUT2D eigenvalue weighted by Gasteiger charge is 2.34. The van der Waals surface area contributed by atoms with Crippen molar-refractivity contribution in [3.63, 3.8) is 0 Å². The summed E-state index contributed by atoms with van der Waals surface area (Å²) in [6.45, 7) is 2.49. The molecule has 6 rings (SSSR count). The molecule has 0 unspecified atom stereocenters. The van der Waals surface area contributed by atoms with Crippen LogP contribution >= 0.6 is 0 Å². The minimum atomic E-state index is -0.436. The Bertz CT molecular complexity index is 1230. The number of hydrogen-bond acceptors (Lipinski definition) is 9. The van der Waals surface area contributed by atoms with Gasteiger partial charge in [0.2, 0.25) is 17.8 Å². The first-order valence-corrected chi connectivity index (χ1v) is 12.2. The Labute approximate surface area is 202 Å². The van der Waals surface area contributed by atoms with Gasteiger partial charge in [-0.3, -0.25) is 15.0 Å². The van der Waals surface area contributed by atoms with Crippen molar-refractivity contribution in [2.45, 2.75) is 38.1 Å². The van der Waals surface area contributed by atoms with Gasteiger partial charge in [0, 0.05) is 24.5 Å². The van der Waals surface area contributed by atoms with Crippen LogP contribution < -0.4 is 15.6 Å². The topological polar surface area (TPSA) is 113 Å². The summed E-state index contributed by atoms with van der Waals surface area (Å²) < 4.78 is 5.47. The molecule has 2 aromatic carbocycles. The minimum absolute atomic E-state index is 0.146. The standard InChI is InChI=1S/C25H27N7O3/c33-21-18-10-4-6-16-7-5-11-19(20(16)18)22(34)32(21)30-24-27-23(26-17-8-2-1-3-9-17)28-25(29-24)31-12-14-35-15-13-31/h4-7,10-11,17H,1-3,8-9,12-15H2,(H2,26,27,28,29,30). The zero-order valence-electron chi connectivity index (χ0n) is 19.4. The molecule has 1 aromatic heterocycles. The third kappa shape index (κ3) is 4.14. The third-order valence-corrected chi connectivity index (χ3v) is 6.84. The average Bonchev–Trinajstić information content (AvgIpc) is 2.90. The van der Waals surface area contributed by atoms with E-state index in [2.05, 4.69) is 25.7 Å². The van der Waals surface area contributed by atoms with E-state index in [0.29, 0.717) is 60.8 Å². The predicted molar refractivity (Wildman–Crippen MR) is 131 cm³/mol. The number of nitrogens with one attached hydrogen (secondary N) is 2. The Morgan fingerprint density at radius 3 is 2.17 bits per heavy atom. The molecular formula is C25H27N7O3. The molecular weight excluding hydrogens is 446 g/mol. The number of hydrogen-bond donors (Lipinski definition) is 2. The Morgan fingerprint density at radius 2 is 1.49 bits per heavy atom. The van der Waals surface area contributed by atoms with Crippen LogP contribution in [0.2, 0.25) is 0 Å². The maximum atomic E-state index is 13.3. The Morgan fingerprint density at radius 1 is 0.829 bits per heavy atom. The van der Waals surface area contributed by atoms with Gasteiger partial charge in [-0.1, -0.05) is 43.5 Å². The molecule has 2 N–H and O–H groups in total. The summed E-state index contributed by atoms with van der Waals surface area (Å²) in [5, 5.41) is 5.97. The van der Waals surface area contributed by atoms with Crippen LogP contribution in [0.1, 0.15) is 52.8 Å². The quantitative estimate of drug-likeness (QED) is 0.539. The van der Waals surface area contributed by atoms with Crippen molar-refractivity contribution in [3.8, 4) is 0 Å². The average molecular weight is 474 g/mol. The number of aromatic nitrogens is 3. The molecule has 1 aliphatic carbocycles. The number of morpholine rings is 1. The number of nitrogens with zero attached hydrogens (tertiary/aromatic N) is 5. The second kappa shape index (κ2) is 9.10. The molecule has 0 radical (unpaired) electrons. The van der Waals surface area contributed by atoms with Gasteiger partial charge >= 0.3 is 0 Å². The fraction of sp³-hybridized carbons (Fsp3) is 0.400. The molecule has 0 spiro atoms. The maximum Gasteiger partial charge on any atom is 0.280 e. The van der Waals surface area contributed by atoms with Crippen LogP contribution in [-0.2, 0) is 4.74 Å². The molecule has 1 saturated carbocycles. The Hall–Kier alpha value is -3.79. The maximum absolute atomic E-state index is 13.3. The van der Waals surface area contributed by atoms with Crippen LogP contribution in [0.15, 0.2) is 36.4 Å². The highest BCUT2D eigenvalue weighted by atomic mass is 16.5. The first kappa shape index (κ1) is 21.7. The molecule has 180 valence electrons. The molecule has 1 saturated heterocycles. The van der Waals surface area contributed by atoms with E-state index in [1.165, 1.54) is 19.3 Å². The van der Waals surface area contributed by atoms with Crippen molar-refractivity contribution >= 4 is 40.4 Å². The van der Waals surface area contributed by atoms with Gasteiger partial charge in [-0.2, -0.15) is 20.0 Å². The lowest BCUT2D eigenvalue weighted by molar-refractivity contribution is 0.0647. The van der Waals surface area contributed by atoms with Gasteiger partial charge in [-0.05, 0) is 30.4 Å². The lowest BCUT2D eigenvalue weighted by Gasteiger charge is -2.29. The van der Waals surface area contributed by atoms with Crippen LogP contribution in [0.3, 0.4) is 0 Å². The summed E-state index contributed by atoms with van der Waals surface area (Å²) in [6.07, 6.45) is 5.71. The summed E-state index contributed by atoms with van der Waals surface area (Å²) in [5.74, 6) is 0.204. The van der Waals surface area contributed by atoms with E-state index in [4.69, 9.17) is 4.74 Å². The predicted octanol–water partition coefficient (Wildman–Crippen LogP) is 3.23. The smallest absolute Gasteiger partial charge is 0.280 e. The van der Waals surface area contributed by atoms with E-state index in [1.54, 1.807) is 12.1 Å². The summed E-state index contributed by atoms with van der Waals surface area (Å²) in [6, 6.07) is 11.2. The first-order valence-electron chi connectivity index (χ1n) is 12.2. The molecule has 35 heavy (non-hydrogen) atoms. The fourth-order valence-corrected chi connectivity index (χ4v) is 5.05. The molecule has 0 atom stereocenters. The van der Waals surface area contributed by atoms with Crippen molar-refractivity contribution in [2.24, 2.45) is 0 Å². The van der Waals surface area contributed by atoms with Crippen molar-refractivity contribution in [1.29, 1.82) is 0 Å². The SMILES string of the molecule is O=C1c2cccc3cccc(c23)C(=O)N1Nc1nc(NC2CCCCC2)nc(N2CCOCC2)n1. The number of amides is 2. The molecule has 3 heterocycles. The van der Waals surface area contributed by atoms with Crippen molar-refractivity contribution in [1.82, 2.24) is 20.0 Å². The van der Waals surface area contributed by atoms with Crippen molar-refractivity contribution < 1.29 is 14.3 Å². The number of hydrazine groups is 1. The fourth-order valence-electron chi connectivity index (χ4n) is 5.05. The summed E-state index contributed by atoms with van der Waals surface area (Å²) in [4.78, 5) is 42.5. The molecule has 2 fully saturated rings. The molecule has 3 aromatic rings. The van der Waals surface area contributed by atoms with Crippen LogP contribution in [0.25, 0.3) is 10.8 Å². The monoisotopic (exact) mass is 473 g/mol. The van der Waals surface area contributed by atoms with Crippen LogP contribution in [0.4, 0.5) is 17.8 Å². The number of carbonyl (C=O) groups excluding carboxylic acids is 2. The molecule has 3 aliphatic rings. The zero-order chi connectivity index (χ0) is 23.8. The normalized spacial score (nSPS) is 18.7. The van der Waals surface area contributed by atoms with E-state index in [0.717, 1.165) is 23.2 Å². The van der Waals surface area contributed by atoms with Crippen molar-refractivity contribution in [2.75, 3.05) is 41.9 Å². The number of carbonyl (C=O) groups is 2. The Balaban J connectivity index is 1.33. The second-order valence-electron chi connectivity index (χ2n) is 9.13. The highest BCUT2D eigenvalue weighted by Crippen LogP contribution is 2.30. The molecule has 2 aliphatic heterocycles. The van der Waals surface area contributed by atoms with Gasteiger partial charge in [-0.15, -0.1) is 0 Å². The van der Waals surface area contributed by atoms with Gasteiger partial charge in [0.1, 0.15) is 0 Å². The van der Waals surface area contributed by atoms with Gasteiger partial charge in [-0.25, -0.2) is 0 Å². The minimum Gasteiger partial charge on any atom is -0.378 e. The zero-order valence-corrected chi connectivity index (χ0v) is 19.4. The van der Waals surface area contributed by atoms with Crippen LogP contribution in [0.5, 0.6) is 0 Å². The summed E-state index contributed by atoms with van der Waals surface area (Å²) in [5.41, 5.74) is 3.83. The highest BCUT2D eigenvalue weighted by molar-refractivity contribution is 6.25. The van der Waals surface area contributed by atoms with Gasteiger partial charge in [0.05, 0.1) is 24.3 Å². The lowest BCUT2D eigenvalue weighted by atomic mass is 9.95. The number of imide groups is 1. The van der Waals surface area contributed by atoms with E-state index >= 15 is 0 Å². The van der Waals surface area contributed by atoms with E-state index in [-0.39, 0.29) is 5.95 Å². The largest absolute Gasteiger partial charge is 0.378 e. The van der Waals surface area contributed by atoms with E-state index in [9.17, 15) is 9.59 Å². The van der Waals surface area contributed by atoms with Gasteiger partial charge in [0.15, 0.2) is 0 Å². The van der Waals surface area contributed by atoms with Gasteiger partial charge in [0.25, 0.3) is 11.8 Å². The van der Waals surface area contributed by atoms with Crippen LogP contribution in [-0.4, -0.2) is 64.1 Å². The number of anilines is 3. The number of benzene rings is 2. The molecule has 2 amide bonds. The number of rotatable bonds is 5. The van der Waals surface area contributed by atoms with Crippen molar-refractivity contribution in [3.05, 3.63) is 47.5 Å². The van der Waals surface area contributed by atoms with Crippen LogP contribution in [0, 0.1) is 0 Å². The Kier molecular flexibility index (Phi) is 5.65. The molecule has 10 nitrogen and oxygen atoms in total. The number of ether oxygens (including phenoxy) is 1. The third-order valence-electron chi connectivity index (χ3n) is 6.84. The lowest BCUT2D eigenvalue weighted by Crippen LogP contribution is -2.45. The van der Waals surface area contributed by atoms with E-state index < -0.39 is 11.8 Å². The first-order chi connectivity index (χ1) is 17.2. The summed E-state index contributed by atoms with van der Waals surface area (Å²) >= 11 is 0.